The van der Waals surface area contributed by atoms with Gasteiger partial charge in [-0.05, 0) is 38.1 Å². The third-order valence-corrected chi connectivity index (χ3v) is 2.67. The minimum Gasteiger partial charge on any atom is -0.465 e. The van der Waals surface area contributed by atoms with Crippen molar-refractivity contribution in [2.75, 3.05) is 6.54 Å². The van der Waals surface area contributed by atoms with Crippen molar-refractivity contribution in [2.24, 2.45) is 0 Å². The van der Waals surface area contributed by atoms with Crippen LogP contribution in [0.1, 0.15) is 17.1 Å². The Bertz CT molecular complexity index is 568. The Hall–Kier alpha value is -2.30. The Balaban J connectivity index is 1.76. The van der Waals surface area contributed by atoms with Crippen LogP contribution in [0.2, 0.25) is 0 Å². The molecule has 2 aromatic heterocycles. The number of hydrogen-bond acceptors (Lipinski definition) is 3. The van der Waals surface area contributed by atoms with Gasteiger partial charge in [-0.15, -0.1) is 0 Å². The highest BCUT2D eigenvalue weighted by molar-refractivity contribution is 5.91. The fourth-order valence-electron chi connectivity index (χ4n) is 1.79. The Morgan fingerprint density at radius 2 is 2.37 bits per heavy atom. The Morgan fingerprint density at radius 1 is 1.53 bits per heavy atom. The van der Waals surface area contributed by atoms with Crippen molar-refractivity contribution >= 4 is 12.0 Å². The zero-order chi connectivity index (χ0) is 13.7. The molecule has 0 saturated carbocycles. The first-order chi connectivity index (χ1) is 9.15. The first kappa shape index (κ1) is 13.1. The normalized spacial score (nSPS) is 11.1. The van der Waals surface area contributed by atoms with Crippen molar-refractivity contribution in [1.82, 2.24) is 15.1 Å². The van der Waals surface area contributed by atoms with Crippen LogP contribution in [0.15, 0.2) is 35.0 Å². The monoisotopic (exact) mass is 259 g/mol. The van der Waals surface area contributed by atoms with Gasteiger partial charge in [0.2, 0.25) is 5.91 Å². The number of nitrogens with one attached hydrogen (secondary N) is 1. The van der Waals surface area contributed by atoms with Gasteiger partial charge in [0.05, 0.1) is 18.5 Å². The van der Waals surface area contributed by atoms with Crippen LogP contribution in [-0.2, 0) is 11.3 Å². The van der Waals surface area contributed by atoms with Crippen molar-refractivity contribution in [1.29, 1.82) is 0 Å². The van der Waals surface area contributed by atoms with Crippen LogP contribution < -0.4 is 5.32 Å². The van der Waals surface area contributed by atoms with E-state index in [1.807, 2.05) is 24.6 Å². The Labute approximate surface area is 111 Å². The number of amides is 1. The van der Waals surface area contributed by atoms with E-state index in [0.29, 0.717) is 18.8 Å². The van der Waals surface area contributed by atoms with E-state index in [9.17, 15) is 4.79 Å². The van der Waals surface area contributed by atoms with Gasteiger partial charge in [0.1, 0.15) is 5.76 Å². The third-order valence-electron chi connectivity index (χ3n) is 2.67. The first-order valence-corrected chi connectivity index (χ1v) is 6.15. The summed E-state index contributed by atoms with van der Waals surface area (Å²) < 4.78 is 6.98. The zero-order valence-electron chi connectivity index (χ0n) is 11.1. The number of carbonyl (C=O) groups is 1. The van der Waals surface area contributed by atoms with Gasteiger partial charge in [-0.2, -0.15) is 5.10 Å². The van der Waals surface area contributed by atoms with Crippen molar-refractivity contribution in [3.8, 4) is 0 Å². The number of carbonyl (C=O) groups excluding carboxylic acids is 1. The van der Waals surface area contributed by atoms with Crippen LogP contribution >= 0.6 is 0 Å². The topological polar surface area (TPSA) is 60.1 Å². The molecule has 0 unspecified atom stereocenters. The average molecular weight is 259 g/mol. The molecule has 100 valence electrons. The molecule has 0 aromatic carbocycles. The van der Waals surface area contributed by atoms with E-state index in [0.717, 1.165) is 11.4 Å². The summed E-state index contributed by atoms with van der Waals surface area (Å²) in [6, 6.07) is 5.58. The lowest BCUT2D eigenvalue weighted by Gasteiger charge is -2.04. The standard InChI is InChI=1S/C14H17N3O2/c1-11-10-12(2)17(16-11)8-7-15-14(18)6-5-13-4-3-9-19-13/h3-6,9-10H,7-8H2,1-2H3,(H,15,18)/b6-5+. The molecule has 2 aromatic rings. The number of furan rings is 1. The molecule has 0 atom stereocenters. The lowest BCUT2D eigenvalue weighted by molar-refractivity contribution is -0.116. The van der Waals surface area contributed by atoms with Crippen LogP contribution in [0.4, 0.5) is 0 Å². The van der Waals surface area contributed by atoms with E-state index in [2.05, 4.69) is 10.4 Å². The Morgan fingerprint density at radius 3 is 3.00 bits per heavy atom. The maximum atomic E-state index is 11.5. The average Bonchev–Trinajstić information content (AvgIpc) is 2.97. The van der Waals surface area contributed by atoms with Crippen molar-refractivity contribution in [2.45, 2.75) is 20.4 Å². The van der Waals surface area contributed by atoms with Gasteiger partial charge in [0.15, 0.2) is 0 Å². The summed E-state index contributed by atoms with van der Waals surface area (Å²) in [5, 5.41) is 7.13. The SMILES string of the molecule is Cc1cc(C)n(CCNC(=O)/C=C/c2ccco2)n1. The molecule has 0 bridgehead atoms. The summed E-state index contributed by atoms with van der Waals surface area (Å²) in [6.45, 7) is 5.16. The molecule has 5 nitrogen and oxygen atoms in total. The molecule has 0 fully saturated rings. The highest BCUT2D eigenvalue weighted by Gasteiger charge is 2.01. The second-order valence-electron chi connectivity index (χ2n) is 4.29. The number of aryl methyl sites for hydroxylation is 2. The summed E-state index contributed by atoms with van der Waals surface area (Å²) in [6.07, 6.45) is 4.67. The van der Waals surface area contributed by atoms with E-state index >= 15 is 0 Å². The molecule has 5 heteroatoms. The molecule has 0 saturated heterocycles. The van der Waals surface area contributed by atoms with Crippen LogP contribution in [0.25, 0.3) is 6.08 Å². The second kappa shape index (κ2) is 6.04. The first-order valence-electron chi connectivity index (χ1n) is 6.15. The summed E-state index contributed by atoms with van der Waals surface area (Å²) in [5.41, 5.74) is 2.08. The molecule has 0 spiro atoms. The highest BCUT2D eigenvalue weighted by atomic mass is 16.3. The zero-order valence-corrected chi connectivity index (χ0v) is 11.1. The molecule has 2 heterocycles. The van der Waals surface area contributed by atoms with E-state index in [4.69, 9.17) is 4.42 Å². The van der Waals surface area contributed by atoms with E-state index in [1.54, 1.807) is 24.5 Å². The van der Waals surface area contributed by atoms with Crippen molar-refractivity contribution in [3.05, 3.63) is 47.7 Å². The molecule has 0 aliphatic carbocycles. The molecule has 0 aliphatic rings. The maximum absolute atomic E-state index is 11.5. The van der Waals surface area contributed by atoms with Gasteiger partial charge in [-0.25, -0.2) is 0 Å². The van der Waals surface area contributed by atoms with Gasteiger partial charge in [0.25, 0.3) is 0 Å². The van der Waals surface area contributed by atoms with Gasteiger partial charge >= 0.3 is 0 Å². The fraction of sp³-hybridized carbons (Fsp3) is 0.286. The summed E-state index contributed by atoms with van der Waals surface area (Å²) in [7, 11) is 0. The molecule has 0 aliphatic heterocycles. The van der Waals surface area contributed by atoms with Gasteiger partial charge < -0.3 is 9.73 Å². The van der Waals surface area contributed by atoms with Crippen LogP contribution in [0.3, 0.4) is 0 Å². The van der Waals surface area contributed by atoms with Crippen molar-refractivity contribution < 1.29 is 9.21 Å². The molecule has 1 N–H and O–H groups in total. The van der Waals surface area contributed by atoms with Gasteiger partial charge in [0, 0.05) is 18.3 Å². The lowest BCUT2D eigenvalue weighted by Crippen LogP contribution is -2.26. The smallest absolute Gasteiger partial charge is 0.244 e. The summed E-state index contributed by atoms with van der Waals surface area (Å²) in [5.74, 6) is 0.520. The number of nitrogens with zero attached hydrogens (tertiary/aromatic N) is 2. The van der Waals surface area contributed by atoms with E-state index in [-0.39, 0.29) is 5.91 Å². The van der Waals surface area contributed by atoms with Crippen molar-refractivity contribution in [3.63, 3.8) is 0 Å². The molecule has 1 amide bonds. The fourth-order valence-corrected chi connectivity index (χ4v) is 1.79. The largest absolute Gasteiger partial charge is 0.465 e. The van der Waals surface area contributed by atoms with E-state index < -0.39 is 0 Å². The number of hydrogen-bond donors (Lipinski definition) is 1. The lowest BCUT2D eigenvalue weighted by atomic mass is 10.4. The van der Waals surface area contributed by atoms with Crippen LogP contribution in [0.5, 0.6) is 0 Å². The quantitative estimate of drug-likeness (QED) is 0.834. The minimum atomic E-state index is -0.141. The Kier molecular flexibility index (Phi) is 4.18. The molecule has 2 rings (SSSR count). The van der Waals surface area contributed by atoms with Crippen LogP contribution in [-0.4, -0.2) is 22.2 Å². The molecular weight excluding hydrogens is 242 g/mol. The third kappa shape index (κ3) is 3.84. The number of rotatable bonds is 5. The molecule has 0 radical (unpaired) electrons. The predicted molar refractivity (Wildman–Crippen MR) is 72.5 cm³/mol. The van der Waals surface area contributed by atoms with Crippen LogP contribution in [0, 0.1) is 13.8 Å². The second-order valence-corrected chi connectivity index (χ2v) is 4.29. The summed E-state index contributed by atoms with van der Waals surface area (Å²) in [4.78, 5) is 11.5. The minimum absolute atomic E-state index is 0.141. The number of aromatic nitrogens is 2. The highest BCUT2D eigenvalue weighted by Crippen LogP contribution is 2.02. The molecule has 19 heavy (non-hydrogen) atoms. The summed E-state index contributed by atoms with van der Waals surface area (Å²) >= 11 is 0. The predicted octanol–water partition coefficient (Wildman–Crippen LogP) is 1.92. The van der Waals surface area contributed by atoms with E-state index in [1.165, 1.54) is 6.08 Å². The maximum Gasteiger partial charge on any atom is 0.244 e. The van der Waals surface area contributed by atoms with Gasteiger partial charge in [-0.3, -0.25) is 9.48 Å². The molecular formula is C14H17N3O2. The van der Waals surface area contributed by atoms with Gasteiger partial charge in [-0.1, -0.05) is 0 Å².